The molecular weight excluding hydrogens is 246 g/mol. The molecule has 0 aliphatic carbocycles. The predicted molar refractivity (Wildman–Crippen MR) is 70.4 cm³/mol. The molecule has 0 radical (unpaired) electrons. The smallest absolute Gasteiger partial charge is 0.308 e. The zero-order valence-electron chi connectivity index (χ0n) is 11.5. The summed E-state index contributed by atoms with van der Waals surface area (Å²) in [5, 5.41) is 0. The molecule has 0 aromatic rings. The molecule has 2 fully saturated rings. The van der Waals surface area contributed by atoms with Crippen LogP contribution in [0.15, 0.2) is 0 Å². The zero-order valence-corrected chi connectivity index (χ0v) is 11.5. The third-order valence-corrected chi connectivity index (χ3v) is 4.05. The number of piperidine rings is 1. The Hall–Kier alpha value is -1.14. The Balaban J connectivity index is 1.75. The summed E-state index contributed by atoms with van der Waals surface area (Å²) in [6.45, 7) is 3.48. The lowest BCUT2D eigenvalue weighted by molar-refractivity contribution is -0.149. The second kappa shape index (κ2) is 6.34. The Labute approximate surface area is 113 Å². The van der Waals surface area contributed by atoms with Gasteiger partial charge in [-0.3, -0.25) is 14.5 Å². The minimum atomic E-state index is -0.155. The van der Waals surface area contributed by atoms with Gasteiger partial charge in [-0.25, -0.2) is 0 Å². The molecule has 2 rings (SSSR count). The molecule has 1 amide bonds. The van der Waals surface area contributed by atoms with E-state index in [4.69, 9.17) is 10.5 Å². The monoisotopic (exact) mass is 269 g/mol. The van der Waals surface area contributed by atoms with E-state index in [2.05, 4.69) is 4.90 Å². The number of carbonyl (C=O) groups is 2. The standard InChI is InChI=1S/C13H23N3O3/c1-19-13(18)10-2-6-16(7-3-10)12(17)9-15-5-4-11(14)8-15/h10-11H,2-9,14H2,1H3. The van der Waals surface area contributed by atoms with Crippen LogP contribution in [0.2, 0.25) is 0 Å². The van der Waals surface area contributed by atoms with Gasteiger partial charge in [-0.1, -0.05) is 0 Å². The molecule has 0 spiro atoms. The maximum atomic E-state index is 12.1. The van der Waals surface area contributed by atoms with Crippen LogP contribution >= 0.6 is 0 Å². The van der Waals surface area contributed by atoms with Gasteiger partial charge in [-0.2, -0.15) is 0 Å². The van der Waals surface area contributed by atoms with Gasteiger partial charge in [0.15, 0.2) is 0 Å². The highest BCUT2D eigenvalue weighted by Crippen LogP contribution is 2.19. The van der Waals surface area contributed by atoms with Crippen LogP contribution in [-0.2, 0) is 14.3 Å². The van der Waals surface area contributed by atoms with Crippen molar-refractivity contribution in [3.8, 4) is 0 Å². The van der Waals surface area contributed by atoms with Crippen LogP contribution in [0.3, 0.4) is 0 Å². The fourth-order valence-electron chi connectivity index (χ4n) is 2.83. The molecule has 2 aliphatic rings. The van der Waals surface area contributed by atoms with Crippen molar-refractivity contribution in [1.82, 2.24) is 9.80 Å². The van der Waals surface area contributed by atoms with Gasteiger partial charge in [-0.15, -0.1) is 0 Å². The van der Waals surface area contributed by atoms with Crippen LogP contribution < -0.4 is 5.73 Å². The van der Waals surface area contributed by atoms with E-state index >= 15 is 0 Å². The molecule has 2 aliphatic heterocycles. The number of ether oxygens (including phenoxy) is 1. The average molecular weight is 269 g/mol. The van der Waals surface area contributed by atoms with E-state index in [1.54, 1.807) is 0 Å². The quantitative estimate of drug-likeness (QED) is 0.695. The average Bonchev–Trinajstić information content (AvgIpc) is 2.83. The maximum Gasteiger partial charge on any atom is 0.308 e. The van der Waals surface area contributed by atoms with Gasteiger partial charge in [0.05, 0.1) is 19.6 Å². The van der Waals surface area contributed by atoms with E-state index in [0.717, 1.165) is 19.5 Å². The molecule has 6 nitrogen and oxygen atoms in total. The molecule has 6 heteroatoms. The largest absolute Gasteiger partial charge is 0.469 e. The lowest BCUT2D eigenvalue weighted by Gasteiger charge is -2.31. The second-order valence-corrected chi connectivity index (χ2v) is 5.46. The Morgan fingerprint density at radius 3 is 2.42 bits per heavy atom. The van der Waals surface area contributed by atoms with Crippen molar-refractivity contribution in [3.63, 3.8) is 0 Å². The minimum absolute atomic E-state index is 0.0470. The van der Waals surface area contributed by atoms with E-state index in [1.165, 1.54) is 7.11 Å². The molecule has 2 N–H and O–H groups in total. The predicted octanol–water partition coefficient (Wildman–Crippen LogP) is -0.569. The van der Waals surface area contributed by atoms with Crippen molar-refractivity contribution >= 4 is 11.9 Å². The Morgan fingerprint density at radius 2 is 1.89 bits per heavy atom. The first kappa shape index (κ1) is 14.3. The molecule has 0 bridgehead atoms. The van der Waals surface area contributed by atoms with E-state index in [0.29, 0.717) is 32.5 Å². The summed E-state index contributed by atoms with van der Waals surface area (Å²) in [5.74, 6) is -0.0516. The highest BCUT2D eigenvalue weighted by atomic mass is 16.5. The molecule has 0 aromatic heterocycles. The molecule has 0 aromatic carbocycles. The summed E-state index contributed by atoms with van der Waals surface area (Å²) in [6, 6.07) is 0.206. The van der Waals surface area contributed by atoms with E-state index in [-0.39, 0.29) is 23.8 Å². The molecule has 1 unspecified atom stereocenters. The zero-order chi connectivity index (χ0) is 13.8. The summed E-state index contributed by atoms with van der Waals surface area (Å²) in [7, 11) is 1.41. The van der Waals surface area contributed by atoms with Crippen molar-refractivity contribution in [3.05, 3.63) is 0 Å². The number of methoxy groups -OCH3 is 1. The number of hydrogen-bond donors (Lipinski definition) is 1. The van der Waals surface area contributed by atoms with E-state index in [1.807, 2.05) is 4.90 Å². The highest BCUT2D eigenvalue weighted by Gasteiger charge is 2.29. The number of hydrogen-bond acceptors (Lipinski definition) is 5. The molecule has 0 saturated carbocycles. The third-order valence-electron chi connectivity index (χ3n) is 4.05. The van der Waals surface area contributed by atoms with Crippen LogP contribution in [0.5, 0.6) is 0 Å². The minimum Gasteiger partial charge on any atom is -0.469 e. The second-order valence-electron chi connectivity index (χ2n) is 5.46. The first-order valence-corrected chi connectivity index (χ1v) is 6.93. The maximum absolute atomic E-state index is 12.1. The first-order valence-electron chi connectivity index (χ1n) is 6.93. The molecule has 2 saturated heterocycles. The van der Waals surface area contributed by atoms with Gasteiger partial charge in [0.1, 0.15) is 0 Å². The fourth-order valence-corrected chi connectivity index (χ4v) is 2.83. The van der Waals surface area contributed by atoms with Crippen molar-refractivity contribution in [2.75, 3.05) is 39.8 Å². The van der Waals surface area contributed by atoms with Crippen molar-refractivity contribution in [2.24, 2.45) is 11.7 Å². The van der Waals surface area contributed by atoms with Gasteiger partial charge < -0.3 is 15.4 Å². The van der Waals surface area contributed by atoms with Crippen LogP contribution in [-0.4, -0.2) is 67.6 Å². The van der Waals surface area contributed by atoms with Gasteiger partial charge >= 0.3 is 5.97 Å². The lowest BCUT2D eigenvalue weighted by Crippen LogP contribution is -2.45. The molecule has 108 valence electrons. The number of carbonyl (C=O) groups excluding carboxylic acids is 2. The van der Waals surface area contributed by atoms with Crippen LogP contribution in [0.1, 0.15) is 19.3 Å². The fraction of sp³-hybridized carbons (Fsp3) is 0.846. The molecule has 2 heterocycles. The SMILES string of the molecule is COC(=O)C1CCN(C(=O)CN2CCC(N)C2)CC1. The number of amides is 1. The van der Waals surface area contributed by atoms with E-state index < -0.39 is 0 Å². The summed E-state index contributed by atoms with van der Waals surface area (Å²) in [6.07, 6.45) is 2.38. The van der Waals surface area contributed by atoms with Crippen LogP contribution in [0.4, 0.5) is 0 Å². The number of nitrogens with zero attached hydrogens (tertiary/aromatic N) is 2. The van der Waals surface area contributed by atoms with Crippen LogP contribution in [0, 0.1) is 5.92 Å². The number of rotatable bonds is 3. The normalized spacial score (nSPS) is 25.6. The van der Waals surface area contributed by atoms with Gasteiger partial charge in [0.2, 0.25) is 5.91 Å². The topological polar surface area (TPSA) is 75.9 Å². The molecule has 1 atom stereocenters. The summed E-state index contributed by atoms with van der Waals surface area (Å²) >= 11 is 0. The summed E-state index contributed by atoms with van der Waals surface area (Å²) in [5.41, 5.74) is 5.83. The summed E-state index contributed by atoms with van der Waals surface area (Å²) in [4.78, 5) is 27.5. The van der Waals surface area contributed by atoms with Crippen molar-refractivity contribution in [2.45, 2.75) is 25.3 Å². The first-order chi connectivity index (χ1) is 9.10. The molecule has 19 heavy (non-hydrogen) atoms. The highest BCUT2D eigenvalue weighted by molar-refractivity contribution is 5.79. The van der Waals surface area contributed by atoms with Gasteiger partial charge in [0, 0.05) is 32.2 Å². The Kier molecular flexibility index (Phi) is 4.76. The number of nitrogens with two attached hydrogens (primary N) is 1. The summed E-state index contributed by atoms with van der Waals surface area (Å²) < 4.78 is 4.74. The lowest BCUT2D eigenvalue weighted by atomic mass is 9.97. The van der Waals surface area contributed by atoms with Gasteiger partial charge in [0.25, 0.3) is 0 Å². The van der Waals surface area contributed by atoms with Crippen LogP contribution in [0.25, 0.3) is 0 Å². The van der Waals surface area contributed by atoms with Gasteiger partial charge in [-0.05, 0) is 19.3 Å². The van der Waals surface area contributed by atoms with Crippen molar-refractivity contribution in [1.29, 1.82) is 0 Å². The third kappa shape index (κ3) is 3.67. The molecular formula is C13H23N3O3. The number of likely N-dealkylation sites (tertiary alicyclic amines) is 2. The number of esters is 1. The Morgan fingerprint density at radius 1 is 1.21 bits per heavy atom. The Bertz CT molecular complexity index is 340. The van der Waals surface area contributed by atoms with E-state index in [9.17, 15) is 9.59 Å². The van der Waals surface area contributed by atoms with Crippen molar-refractivity contribution < 1.29 is 14.3 Å².